The van der Waals surface area contributed by atoms with E-state index in [1.165, 1.54) is 25.9 Å². The fourth-order valence-electron chi connectivity index (χ4n) is 1.62. The third-order valence-electron chi connectivity index (χ3n) is 2.77. The van der Waals surface area contributed by atoms with Gasteiger partial charge in [0.25, 0.3) is 5.91 Å². The first-order valence-electron chi connectivity index (χ1n) is 5.65. The van der Waals surface area contributed by atoms with Crippen LogP contribution in [0.3, 0.4) is 0 Å². The maximum absolute atomic E-state index is 12.0. The topological polar surface area (TPSA) is 90.3 Å². The molecule has 18 heavy (non-hydrogen) atoms. The van der Waals surface area contributed by atoms with Gasteiger partial charge in [-0.3, -0.25) is 14.4 Å². The summed E-state index contributed by atoms with van der Waals surface area (Å²) in [5.74, 6) is -2.05. The van der Waals surface area contributed by atoms with Gasteiger partial charge in [0.1, 0.15) is 5.71 Å². The van der Waals surface area contributed by atoms with Crippen LogP contribution >= 0.6 is 0 Å². The number of aliphatic carboxylic acids is 1. The summed E-state index contributed by atoms with van der Waals surface area (Å²) in [6.45, 7) is 1.65. The van der Waals surface area contributed by atoms with Crippen molar-refractivity contribution in [2.75, 3.05) is 20.6 Å². The minimum absolute atomic E-state index is 0.116. The molecule has 1 N–H and O–H groups in total. The highest BCUT2D eigenvalue weighted by atomic mass is 16.4. The van der Waals surface area contributed by atoms with E-state index in [2.05, 4.69) is 5.10 Å². The predicted molar refractivity (Wildman–Crippen MR) is 63.9 cm³/mol. The lowest BCUT2D eigenvalue weighted by molar-refractivity contribution is -0.142. The number of hydrogen-bond acceptors (Lipinski definition) is 4. The molecule has 0 radical (unpaired) electrons. The highest BCUT2D eigenvalue weighted by Gasteiger charge is 2.25. The Balaban J connectivity index is 2.67. The summed E-state index contributed by atoms with van der Waals surface area (Å²) in [7, 11) is 3.02. The maximum Gasteiger partial charge on any atom is 0.308 e. The van der Waals surface area contributed by atoms with Crippen molar-refractivity contribution >= 4 is 23.5 Å². The zero-order valence-corrected chi connectivity index (χ0v) is 10.7. The minimum Gasteiger partial charge on any atom is -0.481 e. The molecule has 0 saturated heterocycles. The molecule has 0 fully saturated rings. The largest absolute Gasteiger partial charge is 0.481 e. The number of hydrogen-bond donors (Lipinski definition) is 1. The van der Waals surface area contributed by atoms with E-state index in [1.54, 1.807) is 0 Å². The van der Waals surface area contributed by atoms with Crippen molar-refractivity contribution in [3.05, 3.63) is 0 Å². The lowest BCUT2D eigenvalue weighted by atomic mass is 10.1. The van der Waals surface area contributed by atoms with Gasteiger partial charge in [0.15, 0.2) is 0 Å². The fourth-order valence-corrected chi connectivity index (χ4v) is 1.62. The number of carbonyl (C=O) groups excluding carboxylic acids is 2. The smallest absolute Gasteiger partial charge is 0.308 e. The van der Waals surface area contributed by atoms with E-state index >= 15 is 0 Å². The second-order valence-corrected chi connectivity index (χ2v) is 4.39. The van der Waals surface area contributed by atoms with Crippen LogP contribution in [0.5, 0.6) is 0 Å². The van der Waals surface area contributed by atoms with Crippen molar-refractivity contribution in [1.82, 2.24) is 9.91 Å². The Labute approximate surface area is 105 Å². The molecule has 7 heteroatoms. The van der Waals surface area contributed by atoms with Crippen molar-refractivity contribution in [2.24, 2.45) is 11.0 Å². The second kappa shape index (κ2) is 5.61. The summed E-state index contributed by atoms with van der Waals surface area (Å²) < 4.78 is 0. The Bertz CT molecular complexity index is 405. The van der Waals surface area contributed by atoms with E-state index in [1.807, 2.05) is 0 Å². The van der Waals surface area contributed by atoms with Crippen LogP contribution in [0, 0.1) is 5.92 Å². The lowest BCUT2D eigenvalue weighted by Gasteiger charge is -2.24. The molecule has 1 aliphatic rings. The van der Waals surface area contributed by atoms with Gasteiger partial charge in [-0.1, -0.05) is 6.92 Å². The van der Waals surface area contributed by atoms with Crippen molar-refractivity contribution in [3.8, 4) is 0 Å². The van der Waals surface area contributed by atoms with Gasteiger partial charge in [0.2, 0.25) is 5.91 Å². The third kappa shape index (κ3) is 3.28. The number of nitrogens with zero attached hydrogens (tertiary/aromatic N) is 3. The summed E-state index contributed by atoms with van der Waals surface area (Å²) in [5.41, 5.74) is 0.289. The molecule has 0 spiro atoms. The predicted octanol–water partition coefficient (Wildman–Crippen LogP) is -0.226. The van der Waals surface area contributed by atoms with Crippen LogP contribution in [0.4, 0.5) is 0 Å². The molecular formula is C11H17N3O4. The molecule has 2 amide bonds. The van der Waals surface area contributed by atoms with Crippen LogP contribution in [0.2, 0.25) is 0 Å². The summed E-state index contributed by atoms with van der Waals surface area (Å²) in [5, 5.41) is 13.8. The molecule has 0 aromatic heterocycles. The zero-order chi connectivity index (χ0) is 13.9. The van der Waals surface area contributed by atoms with E-state index in [0.717, 1.165) is 5.01 Å². The fraction of sp³-hybridized carbons (Fsp3) is 0.636. The summed E-state index contributed by atoms with van der Waals surface area (Å²) in [6, 6.07) is 0. The van der Waals surface area contributed by atoms with Crippen LogP contribution in [0.15, 0.2) is 5.10 Å². The van der Waals surface area contributed by atoms with Crippen LogP contribution in [0.1, 0.15) is 19.8 Å². The highest BCUT2D eigenvalue weighted by Crippen LogP contribution is 2.09. The van der Waals surface area contributed by atoms with Crippen molar-refractivity contribution < 1.29 is 19.5 Å². The van der Waals surface area contributed by atoms with Crippen LogP contribution in [-0.2, 0) is 14.4 Å². The number of carbonyl (C=O) groups is 3. The van der Waals surface area contributed by atoms with Crippen LogP contribution < -0.4 is 0 Å². The Morgan fingerprint density at radius 3 is 2.61 bits per heavy atom. The van der Waals surface area contributed by atoms with Crippen molar-refractivity contribution in [2.45, 2.75) is 19.8 Å². The molecule has 1 aliphatic heterocycles. The van der Waals surface area contributed by atoms with E-state index in [9.17, 15) is 14.4 Å². The molecular weight excluding hydrogens is 238 g/mol. The molecule has 100 valence electrons. The molecule has 1 heterocycles. The number of carboxylic acid groups (broad SMARTS) is 1. The van der Waals surface area contributed by atoms with E-state index in [0.29, 0.717) is 6.42 Å². The monoisotopic (exact) mass is 255 g/mol. The SMILES string of the molecule is CC(CN(C)C(=O)C1=NN(C)C(=O)CC1)C(=O)O. The summed E-state index contributed by atoms with van der Waals surface area (Å²) in [6.07, 6.45) is 0.553. The summed E-state index contributed by atoms with van der Waals surface area (Å²) >= 11 is 0. The van der Waals surface area contributed by atoms with Gasteiger partial charge in [0, 0.05) is 33.5 Å². The zero-order valence-electron chi connectivity index (χ0n) is 10.7. The molecule has 0 aromatic rings. The normalized spacial score (nSPS) is 17.2. The summed E-state index contributed by atoms with van der Waals surface area (Å²) in [4.78, 5) is 35.2. The van der Waals surface area contributed by atoms with Gasteiger partial charge in [-0.05, 0) is 0 Å². The molecule has 1 unspecified atom stereocenters. The average Bonchev–Trinajstić information content (AvgIpc) is 2.31. The number of rotatable bonds is 4. The second-order valence-electron chi connectivity index (χ2n) is 4.39. The lowest BCUT2D eigenvalue weighted by Crippen LogP contribution is -2.41. The van der Waals surface area contributed by atoms with E-state index in [-0.39, 0.29) is 30.5 Å². The molecule has 1 atom stereocenters. The van der Waals surface area contributed by atoms with Crippen molar-refractivity contribution in [3.63, 3.8) is 0 Å². The highest BCUT2D eigenvalue weighted by molar-refractivity contribution is 6.39. The third-order valence-corrected chi connectivity index (χ3v) is 2.77. The Hall–Kier alpha value is -1.92. The number of hydrazone groups is 1. The van der Waals surface area contributed by atoms with E-state index < -0.39 is 11.9 Å². The first kappa shape index (κ1) is 14.1. The van der Waals surface area contributed by atoms with Gasteiger partial charge in [0.05, 0.1) is 5.92 Å². The quantitative estimate of drug-likeness (QED) is 0.751. The first-order valence-corrected chi connectivity index (χ1v) is 5.65. The molecule has 1 rings (SSSR count). The number of amides is 2. The number of carboxylic acids is 1. The Kier molecular flexibility index (Phi) is 4.41. The minimum atomic E-state index is -0.951. The van der Waals surface area contributed by atoms with Crippen LogP contribution in [-0.4, -0.2) is 59.2 Å². The van der Waals surface area contributed by atoms with Gasteiger partial charge in [-0.25, -0.2) is 5.01 Å². The Morgan fingerprint density at radius 1 is 1.50 bits per heavy atom. The Morgan fingerprint density at radius 2 is 2.11 bits per heavy atom. The van der Waals surface area contributed by atoms with E-state index in [4.69, 9.17) is 5.11 Å². The van der Waals surface area contributed by atoms with Gasteiger partial charge < -0.3 is 10.0 Å². The maximum atomic E-state index is 12.0. The van der Waals surface area contributed by atoms with Crippen LogP contribution in [0.25, 0.3) is 0 Å². The molecule has 0 saturated carbocycles. The van der Waals surface area contributed by atoms with Crippen molar-refractivity contribution in [1.29, 1.82) is 0 Å². The molecule has 7 nitrogen and oxygen atoms in total. The molecule has 0 bridgehead atoms. The molecule has 0 aliphatic carbocycles. The van der Waals surface area contributed by atoms with Gasteiger partial charge in [-0.15, -0.1) is 0 Å². The molecule has 0 aromatic carbocycles. The average molecular weight is 255 g/mol. The standard InChI is InChI=1S/C11H17N3O4/c1-7(11(17)18)6-13(2)10(16)8-4-5-9(15)14(3)12-8/h7H,4-6H2,1-3H3,(H,17,18). The van der Waals surface area contributed by atoms with Gasteiger partial charge in [-0.2, -0.15) is 5.10 Å². The first-order chi connectivity index (χ1) is 8.32. The van der Waals surface area contributed by atoms with Gasteiger partial charge >= 0.3 is 5.97 Å².